The van der Waals surface area contributed by atoms with Crippen LogP contribution >= 0.6 is 0 Å². The number of fused-ring (bicyclic) bond motifs is 3. The van der Waals surface area contributed by atoms with E-state index in [1.807, 2.05) is 18.3 Å². The molecular weight excluding hydrogens is 262 g/mol. The van der Waals surface area contributed by atoms with Crippen molar-refractivity contribution in [1.29, 1.82) is 0 Å². The summed E-state index contributed by atoms with van der Waals surface area (Å²) in [5, 5.41) is 1.17. The number of para-hydroxylation sites is 1. The third kappa shape index (κ3) is 2.14. The van der Waals surface area contributed by atoms with E-state index in [1.54, 1.807) is 0 Å². The van der Waals surface area contributed by atoms with E-state index in [0.717, 1.165) is 37.0 Å². The van der Waals surface area contributed by atoms with Gasteiger partial charge in [-0.25, -0.2) is 0 Å². The highest BCUT2D eigenvalue weighted by molar-refractivity contribution is 5.89. The summed E-state index contributed by atoms with van der Waals surface area (Å²) in [7, 11) is 2.16. The van der Waals surface area contributed by atoms with Crippen LogP contribution in [0.5, 0.6) is 0 Å². The van der Waals surface area contributed by atoms with Gasteiger partial charge in [-0.3, -0.25) is 4.79 Å². The SMILES string of the molecule is CN1C[C@H]2CC[C@@H](C1)N2C(=O)Cc1c[nH]c2ccccc12. The number of likely N-dealkylation sites (N-methyl/N-ethyl adjacent to an activating group) is 1. The predicted octanol–water partition coefficient (Wildman–Crippen LogP) is 2.02. The highest BCUT2D eigenvalue weighted by atomic mass is 16.2. The van der Waals surface area contributed by atoms with Crippen LogP contribution in [0.15, 0.2) is 30.5 Å². The Kier molecular flexibility index (Phi) is 3.00. The number of benzene rings is 1. The minimum absolute atomic E-state index is 0.292. The number of amides is 1. The molecule has 3 heterocycles. The highest BCUT2D eigenvalue weighted by Gasteiger charge is 2.41. The van der Waals surface area contributed by atoms with Crippen LogP contribution in [0.25, 0.3) is 10.9 Å². The molecule has 2 fully saturated rings. The second-order valence-electron chi connectivity index (χ2n) is 6.44. The molecule has 0 spiro atoms. The second-order valence-corrected chi connectivity index (χ2v) is 6.44. The number of aromatic nitrogens is 1. The lowest BCUT2D eigenvalue weighted by Gasteiger charge is -2.39. The third-order valence-corrected chi connectivity index (χ3v) is 4.97. The summed E-state index contributed by atoms with van der Waals surface area (Å²) in [4.78, 5) is 20.6. The summed E-state index contributed by atoms with van der Waals surface area (Å²) in [6.45, 7) is 2.05. The van der Waals surface area contributed by atoms with Crippen molar-refractivity contribution in [3.8, 4) is 0 Å². The lowest BCUT2D eigenvalue weighted by molar-refractivity contribution is -0.135. The zero-order chi connectivity index (χ0) is 14.4. The van der Waals surface area contributed by atoms with E-state index in [2.05, 4.69) is 34.0 Å². The van der Waals surface area contributed by atoms with Crippen LogP contribution in [0.1, 0.15) is 18.4 Å². The van der Waals surface area contributed by atoms with E-state index in [4.69, 9.17) is 0 Å². The summed E-state index contributed by atoms with van der Waals surface area (Å²) < 4.78 is 0. The first-order valence-corrected chi connectivity index (χ1v) is 7.77. The molecule has 2 atom stereocenters. The summed E-state index contributed by atoms with van der Waals surface area (Å²) in [6, 6.07) is 9.04. The smallest absolute Gasteiger partial charge is 0.227 e. The summed E-state index contributed by atoms with van der Waals surface area (Å²) in [5.41, 5.74) is 2.23. The van der Waals surface area contributed by atoms with Crippen molar-refractivity contribution in [3.63, 3.8) is 0 Å². The minimum Gasteiger partial charge on any atom is -0.361 e. The van der Waals surface area contributed by atoms with Gasteiger partial charge in [0.25, 0.3) is 0 Å². The van der Waals surface area contributed by atoms with Crippen LogP contribution in [-0.4, -0.2) is 52.9 Å². The van der Waals surface area contributed by atoms with Crippen LogP contribution in [0.2, 0.25) is 0 Å². The van der Waals surface area contributed by atoms with Crippen molar-refractivity contribution in [2.24, 2.45) is 0 Å². The van der Waals surface area contributed by atoms with Crippen LogP contribution in [0.4, 0.5) is 0 Å². The van der Waals surface area contributed by atoms with Crippen LogP contribution in [0, 0.1) is 0 Å². The minimum atomic E-state index is 0.292. The van der Waals surface area contributed by atoms with Gasteiger partial charge in [0.2, 0.25) is 5.91 Å². The number of hydrogen-bond acceptors (Lipinski definition) is 2. The van der Waals surface area contributed by atoms with Gasteiger partial charge in [0.15, 0.2) is 0 Å². The quantitative estimate of drug-likeness (QED) is 0.916. The largest absolute Gasteiger partial charge is 0.361 e. The Balaban J connectivity index is 1.56. The Morgan fingerprint density at radius 2 is 1.95 bits per heavy atom. The standard InChI is InChI=1S/C17H21N3O/c1-19-10-13-6-7-14(11-19)20(13)17(21)8-12-9-18-16-5-3-2-4-15(12)16/h2-5,9,13-14,18H,6-8,10-11H2,1H3/t13-,14+. The fourth-order valence-corrected chi connectivity index (χ4v) is 4.05. The number of H-pyrrole nitrogens is 1. The molecule has 2 aromatic rings. The summed E-state index contributed by atoms with van der Waals surface area (Å²) in [6.07, 6.45) is 4.82. The van der Waals surface area contributed by atoms with E-state index in [0.29, 0.717) is 24.4 Å². The molecule has 0 aliphatic carbocycles. The van der Waals surface area contributed by atoms with Gasteiger partial charge in [0, 0.05) is 42.3 Å². The van der Waals surface area contributed by atoms with Gasteiger partial charge in [-0.05, 0) is 31.5 Å². The zero-order valence-corrected chi connectivity index (χ0v) is 12.4. The average Bonchev–Trinajstić information content (AvgIpc) is 2.99. The molecule has 2 aliphatic rings. The molecule has 4 nitrogen and oxygen atoms in total. The molecule has 0 radical (unpaired) electrons. The van der Waals surface area contributed by atoms with Gasteiger partial charge in [-0.1, -0.05) is 18.2 Å². The number of rotatable bonds is 2. The van der Waals surface area contributed by atoms with Crippen LogP contribution < -0.4 is 0 Å². The Morgan fingerprint density at radius 1 is 1.24 bits per heavy atom. The first-order chi connectivity index (χ1) is 10.2. The normalized spacial score (nSPS) is 25.7. The molecule has 1 N–H and O–H groups in total. The number of aromatic amines is 1. The molecule has 1 aromatic carbocycles. The number of nitrogens with zero attached hydrogens (tertiary/aromatic N) is 2. The van der Waals surface area contributed by atoms with E-state index in [9.17, 15) is 4.79 Å². The molecule has 21 heavy (non-hydrogen) atoms. The molecule has 1 aromatic heterocycles. The molecule has 4 heteroatoms. The van der Waals surface area contributed by atoms with Gasteiger partial charge >= 0.3 is 0 Å². The lowest BCUT2D eigenvalue weighted by Crippen LogP contribution is -2.54. The van der Waals surface area contributed by atoms with Gasteiger partial charge in [0.1, 0.15) is 0 Å². The molecule has 2 saturated heterocycles. The summed E-state index contributed by atoms with van der Waals surface area (Å²) >= 11 is 0. The zero-order valence-electron chi connectivity index (χ0n) is 12.4. The van der Waals surface area contributed by atoms with E-state index in [1.165, 1.54) is 5.39 Å². The van der Waals surface area contributed by atoms with Gasteiger partial charge in [0.05, 0.1) is 6.42 Å². The van der Waals surface area contributed by atoms with Crippen molar-refractivity contribution in [2.75, 3.05) is 20.1 Å². The number of likely N-dealkylation sites (tertiary alicyclic amines) is 1. The number of hydrogen-bond donors (Lipinski definition) is 1. The number of carbonyl (C=O) groups is 1. The fraction of sp³-hybridized carbons (Fsp3) is 0.471. The maximum absolute atomic E-state index is 12.8. The Labute approximate surface area is 124 Å². The maximum Gasteiger partial charge on any atom is 0.227 e. The third-order valence-electron chi connectivity index (χ3n) is 4.97. The first kappa shape index (κ1) is 12.9. The van der Waals surface area contributed by atoms with Gasteiger partial charge in [-0.2, -0.15) is 0 Å². The van der Waals surface area contributed by atoms with Crippen LogP contribution in [-0.2, 0) is 11.2 Å². The Morgan fingerprint density at radius 3 is 2.71 bits per heavy atom. The predicted molar refractivity (Wildman–Crippen MR) is 83.2 cm³/mol. The van der Waals surface area contributed by atoms with E-state index >= 15 is 0 Å². The maximum atomic E-state index is 12.8. The van der Waals surface area contributed by atoms with Gasteiger partial charge in [-0.15, -0.1) is 0 Å². The molecule has 2 bridgehead atoms. The Hall–Kier alpha value is -1.81. The fourth-order valence-electron chi connectivity index (χ4n) is 4.05. The molecule has 110 valence electrons. The topological polar surface area (TPSA) is 39.3 Å². The highest BCUT2D eigenvalue weighted by Crippen LogP contribution is 2.30. The number of nitrogens with one attached hydrogen (secondary N) is 1. The first-order valence-electron chi connectivity index (χ1n) is 7.77. The molecule has 4 rings (SSSR count). The molecule has 1 amide bonds. The Bertz CT molecular complexity index is 663. The lowest BCUT2D eigenvalue weighted by atomic mass is 10.1. The van der Waals surface area contributed by atoms with Crippen molar-refractivity contribution in [3.05, 3.63) is 36.0 Å². The molecular formula is C17H21N3O. The van der Waals surface area contributed by atoms with Crippen LogP contribution in [0.3, 0.4) is 0 Å². The van der Waals surface area contributed by atoms with E-state index < -0.39 is 0 Å². The van der Waals surface area contributed by atoms with E-state index in [-0.39, 0.29) is 0 Å². The van der Waals surface area contributed by atoms with Crippen molar-refractivity contribution < 1.29 is 4.79 Å². The monoisotopic (exact) mass is 283 g/mol. The van der Waals surface area contributed by atoms with Crippen molar-refractivity contribution in [2.45, 2.75) is 31.3 Å². The molecule has 0 unspecified atom stereocenters. The summed E-state index contributed by atoms with van der Waals surface area (Å²) in [5.74, 6) is 0.292. The molecule has 0 saturated carbocycles. The molecule has 2 aliphatic heterocycles. The number of carbonyl (C=O) groups excluding carboxylic acids is 1. The number of piperazine rings is 1. The van der Waals surface area contributed by atoms with Crippen molar-refractivity contribution >= 4 is 16.8 Å². The van der Waals surface area contributed by atoms with Crippen molar-refractivity contribution in [1.82, 2.24) is 14.8 Å². The second kappa shape index (κ2) is 4.88. The average molecular weight is 283 g/mol. The van der Waals surface area contributed by atoms with Gasteiger partial charge < -0.3 is 14.8 Å².